The van der Waals surface area contributed by atoms with Gasteiger partial charge in [-0.05, 0) is 30.5 Å². The average molecular weight is 470 g/mol. The average Bonchev–Trinajstić information content (AvgIpc) is 2.71. The van der Waals surface area contributed by atoms with Crippen LogP contribution in [0.1, 0.15) is 5.56 Å². The van der Waals surface area contributed by atoms with E-state index in [0.29, 0.717) is 16.2 Å². The molecule has 4 rings (SSSR count). The fourth-order valence-corrected chi connectivity index (χ4v) is 4.71. The standard InChI is InChI=1S/C21H16N2O7S2/c1-12-6-7-14-13(10-12)11-19(32(28,29)30)21(24)20(14)23-22-17-8-9-18(31(25,26)27)16-5-3-2-4-15(16)17/h2-11,24H,1H3,(H,25,26,27)(H,28,29,30)/p-2. The highest BCUT2D eigenvalue weighted by Gasteiger charge is 2.18. The van der Waals surface area contributed by atoms with Crippen molar-refractivity contribution in [2.45, 2.75) is 16.7 Å². The van der Waals surface area contributed by atoms with Crippen LogP contribution in [0.4, 0.5) is 11.4 Å². The van der Waals surface area contributed by atoms with Gasteiger partial charge < -0.3 is 14.2 Å². The number of phenolic OH excluding ortho intramolecular Hbond substituents is 1. The monoisotopic (exact) mass is 470 g/mol. The summed E-state index contributed by atoms with van der Waals surface area (Å²) in [5, 5.41) is 19.7. The summed E-state index contributed by atoms with van der Waals surface area (Å²) in [6.07, 6.45) is 0. The van der Waals surface area contributed by atoms with Crippen molar-refractivity contribution in [1.29, 1.82) is 0 Å². The van der Waals surface area contributed by atoms with Crippen molar-refractivity contribution in [3.8, 4) is 5.75 Å². The molecule has 0 aliphatic carbocycles. The molecule has 4 aromatic carbocycles. The number of nitrogens with zero attached hydrogens (tertiary/aromatic N) is 2. The molecule has 0 spiro atoms. The predicted octanol–water partition coefficient (Wildman–Crippen LogP) is 4.23. The second-order valence-corrected chi connectivity index (χ2v) is 9.73. The van der Waals surface area contributed by atoms with Gasteiger partial charge in [0.1, 0.15) is 25.9 Å². The minimum atomic E-state index is -5.00. The molecule has 0 unspecified atom stereocenters. The van der Waals surface area contributed by atoms with Crippen LogP contribution < -0.4 is 0 Å². The Morgan fingerprint density at radius 1 is 0.750 bits per heavy atom. The number of hydrogen-bond donors (Lipinski definition) is 1. The van der Waals surface area contributed by atoms with E-state index < -0.39 is 35.8 Å². The van der Waals surface area contributed by atoms with E-state index in [2.05, 4.69) is 10.2 Å². The second kappa shape index (κ2) is 7.64. The van der Waals surface area contributed by atoms with Crippen LogP contribution in [0.3, 0.4) is 0 Å². The van der Waals surface area contributed by atoms with Crippen LogP contribution >= 0.6 is 0 Å². The first-order valence-electron chi connectivity index (χ1n) is 9.08. The summed E-state index contributed by atoms with van der Waals surface area (Å²) in [4.78, 5) is -1.25. The fraction of sp³-hybridized carbons (Fsp3) is 0.0476. The number of rotatable bonds is 4. The first-order valence-corrected chi connectivity index (χ1v) is 11.9. The largest absolute Gasteiger partial charge is 0.744 e. The minimum Gasteiger partial charge on any atom is -0.744 e. The van der Waals surface area contributed by atoms with E-state index in [1.807, 2.05) is 0 Å². The van der Waals surface area contributed by atoms with Crippen molar-refractivity contribution in [2.75, 3.05) is 0 Å². The maximum absolute atomic E-state index is 11.6. The fourth-order valence-electron chi connectivity index (χ4n) is 3.43. The Kier molecular flexibility index (Phi) is 5.21. The molecule has 1 N–H and O–H groups in total. The third kappa shape index (κ3) is 3.94. The van der Waals surface area contributed by atoms with Crippen LogP contribution in [0.25, 0.3) is 21.5 Å². The highest BCUT2D eigenvalue weighted by atomic mass is 32.2. The number of azo groups is 1. The topological polar surface area (TPSA) is 159 Å². The molecule has 9 nitrogen and oxygen atoms in total. The Morgan fingerprint density at radius 2 is 1.41 bits per heavy atom. The number of phenols is 1. The van der Waals surface area contributed by atoms with Gasteiger partial charge in [0, 0.05) is 16.2 Å². The SMILES string of the molecule is Cc1ccc2c(N=Nc3ccc(S(=O)(=O)[O-])c4ccccc34)c(O)c(S(=O)(=O)[O-])cc2c1. The van der Waals surface area contributed by atoms with Gasteiger partial charge in [-0.1, -0.05) is 48.0 Å². The van der Waals surface area contributed by atoms with Crippen molar-refractivity contribution < 1.29 is 31.0 Å². The molecule has 0 saturated carbocycles. The van der Waals surface area contributed by atoms with E-state index in [-0.39, 0.29) is 16.8 Å². The highest BCUT2D eigenvalue weighted by Crippen LogP contribution is 2.42. The number of benzene rings is 4. The van der Waals surface area contributed by atoms with Crippen LogP contribution in [0.5, 0.6) is 5.75 Å². The lowest BCUT2D eigenvalue weighted by atomic mass is 10.1. The molecule has 0 radical (unpaired) electrons. The molecule has 0 aliphatic rings. The molecule has 164 valence electrons. The predicted molar refractivity (Wildman–Crippen MR) is 114 cm³/mol. The minimum absolute atomic E-state index is 0.138. The van der Waals surface area contributed by atoms with E-state index in [4.69, 9.17) is 0 Å². The zero-order valence-corrected chi connectivity index (χ0v) is 18.0. The molecule has 0 bridgehead atoms. The molecule has 11 heteroatoms. The quantitative estimate of drug-likeness (QED) is 0.345. The van der Waals surface area contributed by atoms with Gasteiger partial charge in [-0.15, -0.1) is 10.2 Å². The smallest absolute Gasteiger partial charge is 0.161 e. The Balaban J connectivity index is 1.98. The number of aryl methyl sites for hydroxylation is 1. The van der Waals surface area contributed by atoms with E-state index >= 15 is 0 Å². The first kappa shape index (κ1) is 21.8. The lowest BCUT2D eigenvalue weighted by Crippen LogP contribution is -1.99. The van der Waals surface area contributed by atoms with Gasteiger partial charge in [-0.2, -0.15) is 0 Å². The second-order valence-electron chi connectivity index (χ2n) is 7.03. The highest BCUT2D eigenvalue weighted by molar-refractivity contribution is 7.86. The summed E-state index contributed by atoms with van der Waals surface area (Å²) in [6, 6.07) is 14.5. The van der Waals surface area contributed by atoms with Crippen LogP contribution in [0.2, 0.25) is 0 Å². The van der Waals surface area contributed by atoms with E-state index in [1.54, 1.807) is 37.3 Å². The van der Waals surface area contributed by atoms with Crippen molar-refractivity contribution in [3.63, 3.8) is 0 Å². The number of hydrogen-bond acceptors (Lipinski definition) is 9. The third-order valence-electron chi connectivity index (χ3n) is 4.86. The van der Waals surface area contributed by atoms with Crippen molar-refractivity contribution in [3.05, 3.63) is 66.2 Å². The molecule has 0 fully saturated rings. The molecule has 0 amide bonds. The van der Waals surface area contributed by atoms with Crippen LogP contribution in [0.15, 0.2) is 80.7 Å². The van der Waals surface area contributed by atoms with E-state index in [9.17, 15) is 31.0 Å². The summed E-state index contributed by atoms with van der Waals surface area (Å²) < 4.78 is 69.6. The Hall–Kier alpha value is -3.38. The zero-order valence-electron chi connectivity index (χ0n) is 16.4. The van der Waals surface area contributed by atoms with Gasteiger partial charge in [-0.25, -0.2) is 16.8 Å². The van der Waals surface area contributed by atoms with E-state index in [0.717, 1.165) is 17.7 Å². The van der Waals surface area contributed by atoms with E-state index in [1.165, 1.54) is 18.2 Å². The Morgan fingerprint density at radius 3 is 2.06 bits per heavy atom. The van der Waals surface area contributed by atoms with Gasteiger partial charge in [0.15, 0.2) is 5.75 Å². The van der Waals surface area contributed by atoms with Gasteiger partial charge in [0.25, 0.3) is 0 Å². The van der Waals surface area contributed by atoms with Crippen molar-refractivity contribution in [2.24, 2.45) is 10.2 Å². The lowest BCUT2D eigenvalue weighted by Gasteiger charge is -2.14. The Bertz CT molecular complexity index is 1640. The van der Waals surface area contributed by atoms with Gasteiger partial charge in [0.05, 0.1) is 15.5 Å². The summed E-state index contributed by atoms with van der Waals surface area (Å²) in [7, 11) is -9.74. The van der Waals surface area contributed by atoms with Gasteiger partial charge in [-0.3, -0.25) is 0 Å². The van der Waals surface area contributed by atoms with Crippen LogP contribution in [-0.4, -0.2) is 31.0 Å². The molecule has 0 aliphatic heterocycles. The molecular formula is C21H14N2O7S2-2. The van der Waals surface area contributed by atoms with Gasteiger partial charge >= 0.3 is 0 Å². The van der Waals surface area contributed by atoms with Gasteiger partial charge in [0.2, 0.25) is 0 Å². The van der Waals surface area contributed by atoms with Crippen LogP contribution in [-0.2, 0) is 20.2 Å². The van der Waals surface area contributed by atoms with Crippen LogP contribution in [0, 0.1) is 6.92 Å². The summed E-state index contributed by atoms with van der Waals surface area (Å²) in [5.74, 6) is -0.844. The normalized spacial score (nSPS) is 12.7. The molecular weight excluding hydrogens is 456 g/mol. The molecule has 0 saturated heterocycles. The number of fused-ring (bicyclic) bond motifs is 2. The maximum atomic E-state index is 11.6. The first-order chi connectivity index (χ1) is 15.0. The zero-order chi connectivity index (χ0) is 23.3. The summed E-state index contributed by atoms with van der Waals surface area (Å²) >= 11 is 0. The third-order valence-corrected chi connectivity index (χ3v) is 6.61. The lowest BCUT2D eigenvalue weighted by molar-refractivity contribution is 0.436. The summed E-state index contributed by atoms with van der Waals surface area (Å²) in [6.45, 7) is 1.77. The molecule has 0 heterocycles. The molecule has 0 aromatic heterocycles. The molecule has 0 atom stereocenters. The molecule has 32 heavy (non-hydrogen) atoms. The van der Waals surface area contributed by atoms with Crippen molar-refractivity contribution in [1.82, 2.24) is 0 Å². The Labute approximate surface area is 183 Å². The molecule has 4 aromatic rings. The number of aromatic hydroxyl groups is 1. The maximum Gasteiger partial charge on any atom is 0.161 e. The summed E-state index contributed by atoms with van der Waals surface area (Å²) in [5.41, 5.74) is 0.727. The van der Waals surface area contributed by atoms with Crippen molar-refractivity contribution >= 4 is 53.2 Å².